The molecule has 0 aliphatic heterocycles. The Morgan fingerprint density at radius 2 is 1.83 bits per heavy atom. The van der Waals surface area contributed by atoms with Crippen LogP contribution in [0.4, 0.5) is 0 Å². The van der Waals surface area contributed by atoms with Crippen LogP contribution in [0.5, 0.6) is 0 Å². The fraction of sp³-hybridized carbons (Fsp3) is 0.438. The number of aryl methyl sites for hydroxylation is 1. The highest BCUT2D eigenvalue weighted by Crippen LogP contribution is 2.43. The van der Waals surface area contributed by atoms with Gasteiger partial charge >= 0.3 is 0 Å². The zero-order valence-corrected chi connectivity index (χ0v) is 11.4. The molecule has 2 heteroatoms. The summed E-state index contributed by atoms with van der Waals surface area (Å²) in [5.41, 5.74) is 5.30. The maximum atomic E-state index is 4.62. The van der Waals surface area contributed by atoms with E-state index in [1.807, 2.05) is 11.7 Å². The van der Waals surface area contributed by atoms with Crippen molar-refractivity contribution in [2.75, 3.05) is 0 Å². The standard InChI is InChI=1S/C16H20N2/c1-11(2)12-4-6-13(7-5-12)15-10-18(3)17-16(15)14-8-9-14/h4-7,10-11,14H,8-9H2,1-3H3. The minimum Gasteiger partial charge on any atom is -0.275 e. The van der Waals surface area contributed by atoms with Crippen molar-refractivity contribution in [1.82, 2.24) is 9.78 Å². The summed E-state index contributed by atoms with van der Waals surface area (Å²) in [6.07, 6.45) is 4.75. The number of benzene rings is 1. The van der Waals surface area contributed by atoms with Crippen molar-refractivity contribution in [2.45, 2.75) is 38.5 Å². The third kappa shape index (κ3) is 2.07. The average Bonchev–Trinajstić information content (AvgIpc) is 3.13. The lowest BCUT2D eigenvalue weighted by Gasteiger charge is -2.06. The second-order valence-corrected chi connectivity index (χ2v) is 5.65. The van der Waals surface area contributed by atoms with Crippen molar-refractivity contribution in [3.63, 3.8) is 0 Å². The van der Waals surface area contributed by atoms with Gasteiger partial charge in [0, 0.05) is 24.7 Å². The van der Waals surface area contributed by atoms with Crippen LogP contribution in [0.1, 0.15) is 49.8 Å². The molecule has 1 aliphatic rings. The van der Waals surface area contributed by atoms with Crippen LogP contribution < -0.4 is 0 Å². The number of hydrogen-bond acceptors (Lipinski definition) is 1. The van der Waals surface area contributed by atoms with E-state index in [2.05, 4.69) is 49.4 Å². The molecular weight excluding hydrogens is 220 g/mol. The van der Waals surface area contributed by atoms with E-state index < -0.39 is 0 Å². The molecule has 18 heavy (non-hydrogen) atoms. The van der Waals surface area contributed by atoms with Crippen LogP contribution in [-0.2, 0) is 7.05 Å². The first-order chi connectivity index (χ1) is 8.65. The minimum atomic E-state index is 0.593. The smallest absolute Gasteiger partial charge is 0.0733 e. The van der Waals surface area contributed by atoms with E-state index in [0.29, 0.717) is 11.8 Å². The van der Waals surface area contributed by atoms with Crippen molar-refractivity contribution >= 4 is 0 Å². The Bertz CT molecular complexity index is 545. The number of rotatable bonds is 3. The lowest BCUT2D eigenvalue weighted by atomic mass is 9.98. The Hall–Kier alpha value is -1.57. The van der Waals surface area contributed by atoms with Crippen molar-refractivity contribution < 1.29 is 0 Å². The fourth-order valence-electron chi connectivity index (χ4n) is 2.43. The minimum absolute atomic E-state index is 0.593. The SMILES string of the molecule is CC(C)c1ccc(-c2cn(C)nc2C2CC2)cc1. The molecule has 0 radical (unpaired) electrons. The lowest BCUT2D eigenvalue weighted by Crippen LogP contribution is -1.89. The van der Waals surface area contributed by atoms with Gasteiger partial charge in [-0.05, 0) is 29.9 Å². The molecule has 0 spiro atoms. The summed E-state index contributed by atoms with van der Waals surface area (Å²) in [7, 11) is 2.01. The number of nitrogens with zero attached hydrogens (tertiary/aromatic N) is 2. The van der Waals surface area contributed by atoms with E-state index in [0.717, 1.165) is 0 Å². The summed E-state index contributed by atoms with van der Waals surface area (Å²) in [6, 6.07) is 8.95. The van der Waals surface area contributed by atoms with Gasteiger partial charge in [-0.25, -0.2) is 0 Å². The van der Waals surface area contributed by atoms with E-state index in [1.54, 1.807) is 0 Å². The van der Waals surface area contributed by atoms with Crippen LogP contribution >= 0.6 is 0 Å². The van der Waals surface area contributed by atoms with E-state index in [4.69, 9.17) is 0 Å². The third-order valence-corrected chi connectivity index (χ3v) is 3.71. The van der Waals surface area contributed by atoms with Crippen molar-refractivity contribution in [1.29, 1.82) is 0 Å². The zero-order chi connectivity index (χ0) is 12.7. The Balaban J connectivity index is 1.98. The van der Waals surface area contributed by atoms with Crippen LogP contribution in [0.25, 0.3) is 11.1 Å². The Labute approximate surface area is 109 Å². The molecule has 0 N–H and O–H groups in total. The predicted octanol–water partition coefficient (Wildman–Crippen LogP) is 4.09. The molecule has 1 fully saturated rings. The molecule has 0 amide bonds. The van der Waals surface area contributed by atoms with E-state index in [9.17, 15) is 0 Å². The van der Waals surface area contributed by atoms with Crippen LogP contribution in [0.2, 0.25) is 0 Å². The van der Waals surface area contributed by atoms with Gasteiger partial charge in [0.05, 0.1) is 5.69 Å². The van der Waals surface area contributed by atoms with Gasteiger partial charge in [-0.1, -0.05) is 38.1 Å². The molecule has 0 atom stereocenters. The van der Waals surface area contributed by atoms with Crippen LogP contribution in [-0.4, -0.2) is 9.78 Å². The maximum Gasteiger partial charge on any atom is 0.0733 e. The molecule has 1 aromatic carbocycles. The van der Waals surface area contributed by atoms with Gasteiger partial charge in [-0.3, -0.25) is 4.68 Å². The molecular formula is C16H20N2. The Morgan fingerprint density at radius 3 is 2.39 bits per heavy atom. The first kappa shape index (κ1) is 11.5. The number of aromatic nitrogens is 2. The quantitative estimate of drug-likeness (QED) is 0.790. The molecule has 1 aromatic heterocycles. The molecule has 0 bridgehead atoms. The zero-order valence-electron chi connectivity index (χ0n) is 11.4. The summed E-state index contributed by atoms with van der Waals surface area (Å²) >= 11 is 0. The molecule has 0 unspecified atom stereocenters. The third-order valence-electron chi connectivity index (χ3n) is 3.71. The summed E-state index contributed by atoms with van der Waals surface area (Å²) in [5.74, 6) is 1.29. The summed E-state index contributed by atoms with van der Waals surface area (Å²) in [5, 5.41) is 4.62. The van der Waals surface area contributed by atoms with E-state index in [-0.39, 0.29) is 0 Å². The van der Waals surface area contributed by atoms with Gasteiger partial charge in [-0.15, -0.1) is 0 Å². The average molecular weight is 240 g/mol. The lowest BCUT2D eigenvalue weighted by molar-refractivity contribution is 0.744. The second-order valence-electron chi connectivity index (χ2n) is 5.65. The van der Waals surface area contributed by atoms with E-state index in [1.165, 1.54) is 35.2 Å². The summed E-state index contributed by atoms with van der Waals surface area (Å²) < 4.78 is 1.94. The van der Waals surface area contributed by atoms with Crippen LogP contribution in [0.3, 0.4) is 0 Å². The highest BCUT2D eigenvalue weighted by atomic mass is 15.3. The van der Waals surface area contributed by atoms with E-state index >= 15 is 0 Å². The molecule has 94 valence electrons. The topological polar surface area (TPSA) is 17.8 Å². The molecule has 1 saturated carbocycles. The fourth-order valence-corrected chi connectivity index (χ4v) is 2.43. The van der Waals surface area contributed by atoms with Gasteiger partial charge in [-0.2, -0.15) is 5.10 Å². The van der Waals surface area contributed by atoms with Gasteiger partial charge in [0.2, 0.25) is 0 Å². The molecule has 2 aromatic rings. The number of hydrogen-bond donors (Lipinski definition) is 0. The second kappa shape index (κ2) is 4.27. The highest BCUT2D eigenvalue weighted by molar-refractivity contribution is 5.66. The predicted molar refractivity (Wildman–Crippen MR) is 74.7 cm³/mol. The van der Waals surface area contributed by atoms with Crippen molar-refractivity contribution in [3.8, 4) is 11.1 Å². The maximum absolute atomic E-state index is 4.62. The summed E-state index contributed by atoms with van der Waals surface area (Å²) in [4.78, 5) is 0. The van der Waals surface area contributed by atoms with Crippen LogP contribution in [0, 0.1) is 0 Å². The van der Waals surface area contributed by atoms with Gasteiger partial charge in [0.1, 0.15) is 0 Å². The molecule has 0 saturated heterocycles. The van der Waals surface area contributed by atoms with Gasteiger partial charge < -0.3 is 0 Å². The Morgan fingerprint density at radius 1 is 1.17 bits per heavy atom. The molecule has 3 rings (SSSR count). The molecule has 1 heterocycles. The molecule has 2 nitrogen and oxygen atoms in total. The van der Waals surface area contributed by atoms with Crippen LogP contribution in [0.15, 0.2) is 30.5 Å². The molecule has 1 aliphatic carbocycles. The summed E-state index contributed by atoms with van der Waals surface area (Å²) in [6.45, 7) is 4.46. The Kier molecular flexibility index (Phi) is 2.73. The van der Waals surface area contributed by atoms with Crippen molar-refractivity contribution in [2.24, 2.45) is 7.05 Å². The normalized spacial score (nSPS) is 15.3. The monoisotopic (exact) mass is 240 g/mol. The van der Waals surface area contributed by atoms with Crippen molar-refractivity contribution in [3.05, 3.63) is 41.7 Å². The highest BCUT2D eigenvalue weighted by Gasteiger charge is 2.29. The first-order valence-corrected chi connectivity index (χ1v) is 6.79. The van der Waals surface area contributed by atoms with Gasteiger partial charge in [0.15, 0.2) is 0 Å². The van der Waals surface area contributed by atoms with Gasteiger partial charge in [0.25, 0.3) is 0 Å². The first-order valence-electron chi connectivity index (χ1n) is 6.79. The largest absolute Gasteiger partial charge is 0.275 e.